The molecule has 0 bridgehead atoms. The van der Waals surface area contributed by atoms with Crippen LogP contribution in [0, 0.1) is 17.0 Å². The van der Waals surface area contributed by atoms with Gasteiger partial charge in [-0.05, 0) is 25.1 Å². The zero-order valence-electron chi connectivity index (χ0n) is 11.9. The Kier molecular flexibility index (Phi) is 4.62. The van der Waals surface area contributed by atoms with E-state index >= 15 is 0 Å². The lowest BCUT2D eigenvalue weighted by Crippen LogP contribution is -2.31. The Morgan fingerprint density at radius 2 is 2.18 bits per heavy atom. The standard InChI is InChI=1S/C14H14N4O4/c1-10-9-11(4-5-12(10)18(21)22)14(20)15-7-8-17-13(19)3-2-6-16-17/h2-6,9H,7-8H2,1H3,(H,15,20). The van der Waals surface area contributed by atoms with Crippen molar-refractivity contribution in [2.24, 2.45) is 0 Å². The van der Waals surface area contributed by atoms with E-state index in [9.17, 15) is 19.7 Å². The van der Waals surface area contributed by atoms with Crippen molar-refractivity contribution in [3.8, 4) is 0 Å². The van der Waals surface area contributed by atoms with Crippen LogP contribution in [0.3, 0.4) is 0 Å². The van der Waals surface area contributed by atoms with E-state index in [-0.39, 0.29) is 30.2 Å². The van der Waals surface area contributed by atoms with Crippen molar-refractivity contribution < 1.29 is 9.72 Å². The van der Waals surface area contributed by atoms with Gasteiger partial charge in [0.1, 0.15) is 0 Å². The number of amides is 1. The summed E-state index contributed by atoms with van der Waals surface area (Å²) in [5.74, 6) is -0.359. The highest BCUT2D eigenvalue weighted by Crippen LogP contribution is 2.18. The summed E-state index contributed by atoms with van der Waals surface area (Å²) < 4.78 is 1.24. The lowest BCUT2D eigenvalue weighted by molar-refractivity contribution is -0.385. The van der Waals surface area contributed by atoms with Gasteiger partial charge in [0.15, 0.2) is 0 Å². The zero-order valence-corrected chi connectivity index (χ0v) is 11.9. The van der Waals surface area contributed by atoms with E-state index in [0.717, 1.165) is 0 Å². The minimum Gasteiger partial charge on any atom is -0.350 e. The van der Waals surface area contributed by atoms with E-state index in [4.69, 9.17) is 0 Å². The first kappa shape index (κ1) is 15.4. The van der Waals surface area contributed by atoms with Crippen LogP contribution in [0.15, 0.2) is 41.3 Å². The van der Waals surface area contributed by atoms with Crippen LogP contribution in [0.1, 0.15) is 15.9 Å². The van der Waals surface area contributed by atoms with Crippen molar-refractivity contribution in [3.63, 3.8) is 0 Å². The van der Waals surface area contributed by atoms with Crippen LogP contribution in [0.25, 0.3) is 0 Å². The first-order valence-electron chi connectivity index (χ1n) is 6.54. The van der Waals surface area contributed by atoms with Gasteiger partial charge in [0.2, 0.25) is 0 Å². The molecule has 2 aromatic rings. The van der Waals surface area contributed by atoms with Gasteiger partial charge in [-0.1, -0.05) is 0 Å². The van der Waals surface area contributed by atoms with Crippen LogP contribution in [-0.2, 0) is 6.54 Å². The van der Waals surface area contributed by atoms with Crippen LogP contribution < -0.4 is 10.9 Å². The summed E-state index contributed by atoms with van der Waals surface area (Å²) in [5.41, 5.74) is 0.467. The quantitative estimate of drug-likeness (QED) is 0.652. The minimum atomic E-state index is -0.496. The van der Waals surface area contributed by atoms with E-state index in [1.165, 1.54) is 41.2 Å². The molecule has 0 spiro atoms. The summed E-state index contributed by atoms with van der Waals surface area (Å²) in [6.45, 7) is 2.05. The highest BCUT2D eigenvalue weighted by molar-refractivity contribution is 5.94. The van der Waals surface area contributed by atoms with Gasteiger partial charge in [0, 0.05) is 36.0 Å². The number of hydrogen-bond acceptors (Lipinski definition) is 5. The number of hydrogen-bond donors (Lipinski definition) is 1. The molecule has 0 unspecified atom stereocenters. The highest BCUT2D eigenvalue weighted by Gasteiger charge is 2.13. The molecule has 1 amide bonds. The largest absolute Gasteiger partial charge is 0.350 e. The zero-order chi connectivity index (χ0) is 16.1. The Hall–Kier alpha value is -3.03. The van der Waals surface area contributed by atoms with Crippen molar-refractivity contribution in [1.82, 2.24) is 15.1 Å². The third-order valence-corrected chi connectivity index (χ3v) is 3.05. The summed E-state index contributed by atoms with van der Waals surface area (Å²) in [6.07, 6.45) is 1.49. The number of aromatic nitrogens is 2. The summed E-state index contributed by atoms with van der Waals surface area (Å²) in [5, 5.41) is 17.2. The molecule has 0 atom stereocenters. The molecular formula is C14H14N4O4. The predicted molar refractivity (Wildman–Crippen MR) is 78.7 cm³/mol. The number of rotatable bonds is 5. The van der Waals surface area contributed by atoms with Crippen molar-refractivity contribution in [3.05, 3.63) is 68.1 Å². The Labute approximate surface area is 125 Å². The molecular weight excluding hydrogens is 288 g/mol. The molecule has 2 rings (SSSR count). The van der Waals surface area contributed by atoms with Crippen LogP contribution in [0.4, 0.5) is 5.69 Å². The minimum absolute atomic E-state index is 0.0309. The first-order valence-corrected chi connectivity index (χ1v) is 6.54. The number of aryl methyl sites for hydroxylation is 1. The lowest BCUT2D eigenvalue weighted by Gasteiger charge is -2.07. The molecule has 0 aliphatic carbocycles. The topological polar surface area (TPSA) is 107 Å². The van der Waals surface area contributed by atoms with Gasteiger partial charge in [-0.2, -0.15) is 5.10 Å². The number of nitrogens with zero attached hydrogens (tertiary/aromatic N) is 3. The van der Waals surface area contributed by atoms with E-state index in [1.807, 2.05) is 0 Å². The SMILES string of the molecule is Cc1cc(C(=O)NCCn2ncccc2=O)ccc1[N+](=O)[O-]. The first-order chi connectivity index (χ1) is 10.5. The molecule has 8 nitrogen and oxygen atoms in total. The second-order valence-electron chi connectivity index (χ2n) is 4.60. The fraction of sp³-hybridized carbons (Fsp3) is 0.214. The van der Waals surface area contributed by atoms with Gasteiger partial charge >= 0.3 is 0 Å². The summed E-state index contributed by atoms with van der Waals surface area (Å²) in [7, 11) is 0. The molecule has 114 valence electrons. The molecule has 0 radical (unpaired) electrons. The number of nitro benzene ring substituents is 1. The average Bonchev–Trinajstić information content (AvgIpc) is 2.48. The molecule has 1 N–H and O–H groups in total. The molecule has 22 heavy (non-hydrogen) atoms. The van der Waals surface area contributed by atoms with E-state index in [2.05, 4.69) is 10.4 Å². The predicted octanol–water partition coefficient (Wildman–Crippen LogP) is 0.890. The molecule has 0 saturated carbocycles. The van der Waals surface area contributed by atoms with E-state index in [0.29, 0.717) is 11.1 Å². The van der Waals surface area contributed by atoms with Crippen molar-refractivity contribution in [2.45, 2.75) is 13.5 Å². The third kappa shape index (κ3) is 3.54. The monoisotopic (exact) mass is 302 g/mol. The molecule has 0 aliphatic heterocycles. The number of carbonyl (C=O) groups is 1. The van der Waals surface area contributed by atoms with Crippen molar-refractivity contribution in [2.75, 3.05) is 6.54 Å². The summed E-state index contributed by atoms with van der Waals surface area (Å²) in [4.78, 5) is 33.6. The Morgan fingerprint density at radius 3 is 2.82 bits per heavy atom. The van der Waals surface area contributed by atoms with Gasteiger partial charge in [-0.3, -0.25) is 19.7 Å². The molecule has 0 fully saturated rings. The maximum absolute atomic E-state index is 12.0. The fourth-order valence-electron chi connectivity index (χ4n) is 1.93. The smallest absolute Gasteiger partial charge is 0.272 e. The summed E-state index contributed by atoms with van der Waals surface area (Å²) >= 11 is 0. The van der Waals surface area contributed by atoms with Crippen LogP contribution in [0.2, 0.25) is 0 Å². The molecule has 0 saturated heterocycles. The average molecular weight is 302 g/mol. The molecule has 1 aromatic carbocycles. The fourth-order valence-corrected chi connectivity index (χ4v) is 1.93. The Morgan fingerprint density at radius 1 is 1.41 bits per heavy atom. The van der Waals surface area contributed by atoms with Crippen LogP contribution >= 0.6 is 0 Å². The molecule has 1 aromatic heterocycles. The van der Waals surface area contributed by atoms with Crippen molar-refractivity contribution >= 4 is 11.6 Å². The number of carbonyl (C=O) groups excluding carboxylic acids is 1. The van der Waals surface area contributed by atoms with Gasteiger partial charge in [-0.25, -0.2) is 4.68 Å². The highest BCUT2D eigenvalue weighted by atomic mass is 16.6. The number of nitrogens with one attached hydrogen (secondary N) is 1. The van der Waals surface area contributed by atoms with Gasteiger partial charge < -0.3 is 5.32 Å². The van der Waals surface area contributed by atoms with E-state index in [1.54, 1.807) is 6.92 Å². The normalized spacial score (nSPS) is 10.2. The lowest BCUT2D eigenvalue weighted by atomic mass is 10.1. The van der Waals surface area contributed by atoms with Gasteiger partial charge in [-0.15, -0.1) is 0 Å². The Balaban J connectivity index is 1.98. The third-order valence-electron chi connectivity index (χ3n) is 3.05. The number of benzene rings is 1. The maximum atomic E-state index is 12.0. The van der Waals surface area contributed by atoms with Crippen LogP contribution in [0.5, 0.6) is 0 Å². The molecule has 1 heterocycles. The maximum Gasteiger partial charge on any atom is 0.272 e. The van der Waals surface area contributed by atoms with Gasteiger partial charge in [0.05, 0.1) is 11.5 Å². The van der Waals surface area contributed by atoms with Crippen LogP contribution in [-0.4, -0.2) is 27.2 Å². The van der Waals surface area contributed by atoms with Crippen molar-refractivity contribution in [1.29, 1.82) is 0 Å². The second kappa shape index (κ2) is 6.61. The summed E-state index contributed by atoms with van der Waals surface area (Å²) in [6, 6.07) is 7.08. The Bertz CT molecular complexity index is 769. The van der Waals surface area contributed by atoms with E-state index < -0.39 is 4.92 Å². The second-order valence-corrected chi connectivity index (χ2v) is 4.60. The van der Waals surface area contributed by atoms with Gasteiger partial charge in [0.25, 0.3) is 17.2 Å². The molecule has 0 aliphatic rings. The molecule has 8 heteroatoms. The number of nitro groups is 1.